The molecule has 2 heterocycles. The molecule has 1 aromatic rings. The molecule has 2 aliphatic rings. The summed E-state index contributed by atoms with van der Waals surface area (Å²) in [5, 5.41) is 0. The van der Waals surface area contributed by atoms with E-state index in [2.05, 4.69) is 0 Å². The van der Waals surface area contributed by atoms with Gasteiger partial charge in [0.25, 0.3) is 0 Å². The number of ether oxygens (including phenoxy) is 1. The number of fused-ring (bicyclic) bond motifs is 1. The van der Waals surface area contributed by atoms with Crippen LogP contribution in [0.1, 0.15) is 13.3 Å². The lowest BCUT2D eigenvalue weighted by Gasteiger charge is -2.34. The first-order valence-electron chi connectivity index (χ1n) is 7.97. The number of nitrogens with zero attached hydrogens (tertiary/aromatic N) is 2. The molecule has 1 amide bonds. The van der Waals surface area contributed by atoms with Crippen LogP contribution >= 0.6 is 0 Å². The molecule has 0 radical (unpaired) electrons. The molecule has 0 aromatic heterocycles. The predicted molar refractivity (Wildman–Crippen MR) is 88.6 cm³/mol. The summed E-state index contributed by atoms with van der Waals surface area (Å²) in [5.74, 6) is 1.04. The van der Waals surface area contributed by atoms with Crippen molar-refractivity contribution in [3.63, 3.8) is 0 Å². The molecule has 23 heavy (non-hydrogen) atoms. The van der Waals surface area contributed by atoms with Crippen molar-refractivity contribution in [2.45, 2.75) is 19.4 Å². The normalized spacial score (nSPS) is 22.3. The van der Waals surface area contributed by atoms with Gasteiger partial charge in [-0.3, -0.25) is 4.79 Å². The molecule has 0 aliphatic carbocycles. The molecular weight excluding hydrogens is 316 g/mol. The maximum absolute atomic E-state index is 12.7. The number of anilines is 1. The van der Waals surface area contributed by atoms with E-state index in [9.17, 15) is 13.2 Å². The second-order valence-electron chi connectivity index (χ2n) is 5.97. The van der Waals surface area contributed by atoms with Crippen molar-refractivity contribution < 1.29 is 17.9 Å². The second kappa shape index (κ2) is 6.39. The molecule has 2 aliphatic heterocycles. The zero-order chi connectivity index (χ0) is 16.4. The lowest BCUT2D eigenvalue weighted by molar-refractivity contribution is -0.131. The van der Waals surface area contributed by atoms with Gasteiger partial charge in [-0.15, -0.1) is 0 Å². The second-order valence-corrected chi connectivity index (χ2v) is 8.20. The van der Waals surface area contributed by atoms with Crippen LogP contribution in [0, 0.1) is 0 Å². The van der Waals surface area contributed by atoms with E-state index >= 15 is 0 Å². The van der Waals surface area contributed by atoms with E-state index < -0.39 is 9.84 Å². The zero-order valence-corrected chi connectivity index (χ0v) is 14.1. The van der Waals surface area contributed by atoms with Crippen LogP contribution in [0.3, 0.4) is 0 Å². The Hall–Kier alpha value is -1.76. The van der Waals surface area contributed by atoms with Gasteiger partial charge in [-0.05, 0) is 25.5 Å². The standard InChI is InChI=1S/C16H22N2O4S/c1-2-18(13-7-10-23(20,21)12-13)16(19)11-17-8-9-22-15-6-4-3-5-14(15)17/h3-6,13H,2,7-12H2,1H3. The highest BCUT2D eigenvalue weighted by atomic mass is 32.2. The molecule has 1 saturated heterocycles. The van der Waals surface area contributed by atoms with E-state index in [1.54, 1.807) is 4.90 Å². The molecule has 0 N–H and O–H groups in total. The predicted octanol–water partition coefficient (Wildman–Crippen LogP) is 0.921. The first kappa shape index (κ1) is 16.1. The molecule has 1 unspecified atom stereocenters. The molecule has 0 saturated carbocycles. The number of hydrogen-bond acceptors (Lipinski definition) is 5. The summed E-state index contributed by atoms with van der Waals surface area (Å²) in [7, 11) is -2.99. The summed E-state index contributed by atoms with van der Waals surface area (Å²) >= 11 is 0. The number of hydrogen-bond donors (Lipinski definition) is 0. The van der Waals surface area contributed by atoms with Crippen LogP contribution in [0.15, 0.2) is 24.3 Å². The quantitative estimate of drug-likeness (QED) is 0.817. The first-order chi connectivity index (χ1) is 11.0. The Bertz CT molecular complexity index is 689. The molecule has 7 heteroatoms. The SMILES string of the molecule is CCN(C(=O)CN1CCOc2ccccc21)C1CCS(=O)(=O)C1. The smallest absolute Gasteiger partial charge is 0.242 e. The Kier molecular flexibility index (Phi) is 4.48. The van der Waals surface area contributed by atoms with Crippen LogP contribution < -0.4 is 9.64 Å². The van der Waals surface area contributed by atoms with E-state index in [0.29, 0.717) is 26.1 Å². The van der Waals surface area contributed by atoms with E-state index in [1.807, 2.05) is 36.1 Å². The highest BCUT2D eigenvalue weighted by Gasteiger charge is 2.34. The molecule has 1 fully saturated rings. The Labute approximate surface area is 136 Å². The van der Waals surface area contributed by atoms with Gasteiger partial charge in [-0.1, -0.05) is 12.1 Å². The molecule has 0 bridgehead atoms. The summed E-state index contributed by atoms with van der Waals surface area (Å²) in [6.45, 7) is 3.89. The minimum Gasteiger partial charge on any atom is -0.490 e. The van der Waals surface area contributed by atoms with Gasteiger partial charge in [0.2, 0.25) is 5.91 Å². The number of rotatable bonds is 4. The van der Waals surface area contributed by atoms with Gasteiger partial charge in [-0.2, -0.15) is 0 Å². The number of amides is 1. The average molecular weight is 338 g/mol. The van der Waals surface area contributed by atoms with Gasteiger partial charge in [0.1, 0.15) is 12.4 Å². The van der Waals surface area contributed by atoms with Crippen molar-refractivity contribution in [1.82, 2.24) is 4.90 Å². The monoisotopic (exact) mass is 338 g/mol. The Morgan fingerprint density at radius 2 is 2.17 bits per heavy atom. The molecule has 3 rings (SSSR count). The van der Waals surface area contributed by atoms with Crippen molar-refractivity contribution in [2.24, 2.45) is 0 Å². The van der Waals surface area contributed by atoms with Gasteiger partial charge < -0.3 is 14.5 Å². The number of sulfone groups is 1. The van der Waals surface area contributed by atoms with Crippen LogP contribution in [0.2, 0.25) is 0 Å². The number of benzene rings is 1. The van der Waals surface area contributed by atoms with Gasteiger partial charge in [-0.25, -0.2) is 8.42 Å². The third-order valence-corrected chi connectivity index (χ3v) is 6.21. The third-order valence-electron chi connectivity index (χ3n) is 4.46. The Balaban J connectivity index is 1.71. The third kappa shape index (κ3) is 3.44. The molecule has 0 spiro atoms. The van der Waals surface area contributed by atoms with Crippen LogP contribution in [0.25, 0.3) is 0 Å². The summed E-state index contributed by atoms with van der Waals surface area (Å²) in [6, 6.07) is 7.48. The maximum atomic E-state index is 12.7. The lowest BCUT2D eigenvalue weighted by Crippen LogP contribution is -2.47. The minimum absolute atomic E-state index is 0.0219. The molecule has 1 atom stereocenters. The fourth-order valence-electron chi connectivity index (χ4n) is 3.30. The van der Waals surface area contributed by atoms with E-state index in [1.165, 1.54) is 0 Å². The molecular formula is C16H22N2O4S. The van der Waals surface area contributed by atoms with Crippen molar-refractivity contribution in [2.75, 3.05) is 42.6 Å². The largest absolute Gasteiger partial charge is 0.490 e. The number of carbonyl (C=O) groups is 1. The van der Waals surface area contributed by atoms with Crippen molar-refractivity contribution >= 4 is 21.4 Å². The number of likely N-dealkylation sites (N-methyl/N-ethyl adjacent to an activating group) is 1. The van der Waals surface area contributed by atoms with Gasteiger partial charge in [0, 0.05) is 12.6 Å². The van der Waals surface area contributed by atoms with Crippen LogP contribution in [0.5, 0.6) is 5.75 Å². The zero-order valence-electron chi connectivity index (χ0n) is 13.3. The molecule has 1 aromatic carbocycles. The highest BCUT2D eigenvalue weighted by Crippen LogP contribution is 2.31. The van der Waals surface area contributed by atoms with Gasteiger partial charge >= 0.3 is 0 Å². The summed E-state index contributed by atoms with van der Waals surface area (Å²) < 4.78 is 28.9. The summed E-state index contributed by atoms with van der Waals surface area (Å²) in [5.41, 5.74) is 0.919. The topological polar surface area (TPSA) is 66.9 Å². The Morgan fingerprint density at radius 3 is 2.87 bits per heavy atom. The number of para-hydroxylation sites is 2. The summed E-state index contributed by atoms with van der Waals surface area (Å²) in [4.78, 5) is 16.4. The summed E-state index contributed by atoms with van der Waals surface area (Å²) in [6.07, 6.45) is 0.543. The van der Waals surface area contributed by atoms with Crippen LogP contribution in [-0.4, -0.2) is 63.0 Å². The van der Waals surface area contributed by atoms with Crippen molar-refractivity contribution in [1.29, 1.82) is 0 Å². The fourth-order valence-corrected chi connectivity index (χ4v) is 5.04. The van der Waals surface area contributed by atoms with E-state index in [-0.39, 0.29) is 30.0 Å². The van der Waals surface area contributed by atoms with Crippen molar-refractivity contribution in [3.05, 3.63) is 24.3 Å². The first-order valence-corrected chi connectivity index (χ1v) is 9.79. The maximum Gasteiger partial charge on any atom is 0.242 e. The van der Waals surface area contributed by atoms with Crippen molar-refractivity contribution in [3.8, 4) is 5.75 Å². The van der Waals surface area contributed by atoms with Gasteiger partial charge in [0.05, 0.1) is 30.3 Å². The average Bonchev–Trinajstić information content (AvgIpc) is 2.88. The number of carbonyl (C=O) groups excluding carboxylic acids is 1. The van der Waals surface area contributed by atoms with E-state index in [0.717, 1.165) is 11.4 Å². The lowest BCUT2D eigenvalue weighted by atomic mass is 10.2. The van der Waals surface area contributed by atoms with E-state index in [4.69, 9.17) is 4.74 Å². The molecule has 6 nitrogen and oxygen atoms in total. The van der Waals surface area contributed by atoms with Crippen LogP contribution in [0.4, 0.5) is 5.69 Å². The van der Waals surface area contributed by atoms with Gasteiger partial charge in [0.15, 0.2) is 9.84 Å². The minimum atomic E-state index is -2.99. The van der Waals surface area contributed by atoms with Crippen LogP contribution in [-0.2, 0) is 14.6 Å². The molecule has 126 valence electrons. The highest BCUT2D eigenvalue weighted by molar-refractivity contribution is 7.91. The Morgan fingerprint density at radius 1 is 1.39 bits per heavy atom. The fraction of sp³-hybridized carbons (Fsp3) is 0.562.